The molecule has 9 heteroatoms. The lowest BCUT2D eigenvalue weighted by atomic mass is 9.96. The minimum atomic E-state index is -0.466. The number of halogens is 2. The molecule has 152 valence electrons. The zero-order valence-corrected chi connectivity index (χ0v) is 17.4. The molecule has 1 saturated heterocycles. The number of benzene rings is 1. The standard InChI is InChI=1S/C20H20ClFN4O2S/c1-13(27)24-9-7-14(8-10-24)19-23-25(12-15-16(21)4-2-5-17(15)22)20(28)26(19)18-6-3-11-29-18/h2-6,11,14H,7-10,12H2,1H3. The van der Waals surface area contributed by atoms with Crippen molar-refractivity contribution in [1.82, 2.24) is 19.2 Å². The predicted octanol–water partition coefficient (Wildman–Crippen LogP) is 3.66. The van der Waals surface area contributed by atoms with Crippen LogP contribution in [0.3, 0.4) is 0 Å². The number of likely N-dealkylation sites (tertiary alicyclic amines) is 1. The van der Waals surface area contributed by atoms with Crippen LogP contribution in [0, 0.1) is 5.82 Å². The van der Waals surface area contributed by atoms with Crippen LogP contribution < -0.4 is 5.69 Å². The molecular weight excluding hydrogens is 415 g/mol. The summed E-state index contributed by atoms with van der Waals surface area (Å²) >= 11 is 7.59. The summed E-state index contributed by atoms with van der Waals surface area (Å²) in [7, 11) is 0. The molecule has 0 spiro atoms. The van der Waals surface area contributed by atoms with Gasteiger partial charge in [0.25, 0.3) is 0 Å². The van der Waals surface area contributed by atoms with E-state index in [2.05, 4.69) is 5.10 Å². The number of piperidine rings is 1. The van der Waals surface area contributed by atoms with E-state index in [4.69, 9.17) is 11.6 Å². The normalized spacial score (nSPS) is 15.1. The summed E-state index contributed by atoms with van der Waals surface area (Å²) in [6, 6.07) is 8.19. The molecule has 0 aliphatic carbocycles. The minimum absolute atomic E-state index is 0.0396. The van der Waals surface area contributed by atoms with Crippen LogP contribution in [0.4, 0.5) is 4.39 Å². The molecule has 0 N–H and O–H groups in total. The van der Waals surface area contributed by atoms with Gasteiger partial charge in [-0.25, -0.2) is 18.4 Å². The first kappa shape index (κ1) is 19.8. The average molecular weight is 435 g/mol. The van der Waals surface area contributed by atoms with E-state index in [0.29, 0.717) is 18.9 Å². The zero-order valence-electron chi connectivity index (χ0n) is 15.8. The van der Waals surface area contributed by atoms with E-state index in [1.54, 1.807) is 22.5 Å². The lowest BCUT2D eigenvalue weighted by molar-refractivity contribution is -0.129. The molecule has 0 bridgehead atoms. The van der Waals surface area contributed by atoms with E-state index in [-0.39, 0.29) is 34.6 Å². The van der Waals surface area contributed by atoms with Crippen LogP contribution in [0.15, 0.2) is 40.5 Å². The molecule has 0 radical (unpaired) electrons. The highest BCUT2D eigenvalue weighted by Crippen LogP contribution is 2.29. The fourth-order valence-electron chi connectivity index (χ4n) is 3.68. The molecule has 0 unspecified atom stereocenters. The molecule has 2 aromatic heterocycles. The third kappa shape index (κ3) is 3.86. The number of hydrogen-bond donors (Lipinski definition) is 0. The van der Waals surface area contributed by atoms with Gasteiger partial charge in [-0.1, -0.05) is 17.7 Å². The minimum Gasteiger partial charge on any atom is -0.343 e. The Bertz CT molecular complexity index is 1060. The first-order valence-corrected chi connectivity index (χ1v) is 10.6. The smallest absolute Gasteiger partial charge is 0.343 e. The van der Waals surface area contributed by atoms with E-state index in [9.17, 15) is 14.0 Å². The molecule has 1 amide bonds. The first-order valence-electron chi connectivity index (χ1n) is 9.37. The van der Waals surface area contributed by atoms with E-state index in [1.165, 1.54) is 28.2 Å². The molecule has 6 nitrogen and oxygen atoms in total. The van der Waals surface area contributed by atoms with E-state index in [1.807, 2.05) is 17.5 Å². The van der Waals surface area contributed by atoms with Crippen LogP contribution >= 0.6 is 22.9 Å². The van der Waals surface area contributed by atoms with Gasteiger partial charge in [-0.05, 0) is 42.5 Å². The number of thiophene rings is 1. The van der Waals surface area contributed by atoms with Gasteiger partial charge in [0.2, 0.25) is 5.91 Å². The number of aromatic nitrogens is 3. The second-order valence-electron chi connectivity index (χ2n) is 7.07. The van der Waals surface area contributed by atoms with Gasteiger partial charge >= 0.3 is 5.69 Å². The predicted molar refractivity (Wildman–Crippen MR) is 110 cm³/mol. The summed E-state index contributed by atoms with van der Waals surface area (Å²) in [6.07, 6.45) is 1.45. The molecule has 1 fully saturated rings. The van der Waals surface area contributed by atoms with Gasteiger partial charge < -0.3 is 4.90 Å². The Morgan fingerprint density at radius 3 is 2.66 bits per heavy atom. The highest BCUT2D eigenvalue weighted by molar-refractivity contribution is 7.12. The van der Waals surface area contributed by atoms with Crippen molar-refractivity contribution in [2.24, 2.45) is 0 Å². The van der Waals surface area contributed by atoms with Crippen LogP contribution in [0.25, 0.3) is 5.00 Å². The topological polar surface area (TPSA) is 60.1 Å². The molecule has 4 rings (SSSR count). The largest absolute Gasteiger partial charge is 0.351 e. The summed E-state index contributed by atoms with van der Waals surface area (Å²) in [5.74, 6) is 0.274. The quantitative estimate of drug-likeness (QED) is 0.629. The number of carbonyl (C=O) groups is 1. The van der Waals surface area contributed by atoms with Crippen molar-refractivity contribution < 1.29 is 9.18 Å². The average Bonchev–Trinajstić information content (AvgIpc) is 3.33. The highest BCUT2D eigenvalue weighted by atomic mass is 35.5. The molecule has 3 heterocycles. The maximum atomic E-state index is 14.3. The summed E-state index contributed by atoms with van der Waals surface area (Å²) in [5, 5.41) is 7.51. The zero-order chi connectivity index (χ0) is 20.5. The SMILES string of the molecule is CC(=O)N1CCC(c2nn(Cc3c(F)cccc3Cl)c(=O)n2-c2cccs2)CC1. The van der Waals surface area contributed by atoms with E-state index < -0.39 is 5.82 Å². The van der Waals surface area contributed by atoms with Gasteiger partial charge in [0, 0.05) is 36.5 Å². The number of amides is 1. The van der Waals surface area contributed by atoms with Crippen molar-refractivity contribution in [3.05, 3.63) is 68.4 Å². The van der Waals surface area contributed by atoms with Crippen molar-refractivity contribution >= 4 is 28.8 Å². The second kappa shape index (κ2) is 8.12. The Kier molecular flexibility index (Phi) is 5.56. The van der Waals surface area contributed by atoms with E-state index >= 15 is 0 Å². The van der Waals surface area contributed by atoms with Gasteiger partial charge in [-0.15, -0.1) is 11.3 Å². The third-order valence-electron chi connectivity index (χ3n) is 5.27. The fourth-order valence-corrected chi connectivity index (χ4v) is 4.64. The van der Waals surface area contributed by atoms with Crippen molar-refractivity contribution in [2.75, 3.05) is 13.1 Å². The first-order chi connectivity index (χ1) is 14.0. The van der Waals surface area contributed by atoms with Crippen LogP contribution in [0.5, 0.6) is 0 Å². The molecule has 1 aromatic carbocycles. The van der Waals surface area contributed by atoms with Crippen molar-refractivity contribution in [3.8, 4) is 5.00 Å². The number of hydrogen-bond acceptors (Lipinski definition) is 4. The Hall–Kier alpha value is -2.45. The molecule has 0 saturated carbocycles. The molecule has 1 aliphatic heterocycles. The summed E-state index contributed by atoms with van der Waals surface area (Å²) in [6.45, 7) is 2.78. The monoisotopic (exact) mass is 434 g/mol. The third-order valence-corrected chi connectivity index (χ3v) is 6.47. The molecular formula is C20H20ClFN4O2S. The summed E-state index contributed by atoms with van der Waals surface area (Å²) in [4.78, 5) is 26.6. The number of rotatable bonds is 4. The maximum Gasteiger partial charge on any atom is 0.351 e. The van der Waals surface area contributed by atoms with Crippen molar-refractivity contribution in [1.29, 1.82) is 0 Å². The Labute approximate surface area is 176 Å². The number of carbonyl (C=O) groups excluding carboxylic acids is 1. The molecule has 3 aromatic rings. The van der Waals surface area contributed by atoms with Crippen LogP contribution in [0.1, 0.15) is 37.1 Å². The van der Waals surface area contributed by atoms with Gasteiger partial charge in [0.15, 0.2) is 0 Å². The fraction of sp³-hybridized carbons (Fsp3) is 0.350. The molecule has 29 heavy (non-hydrogen) atoms. The lowest BCUT2D eigenvalue weighted by Gasteiger charge is -2.30. The second-order valence-corrected chi connectivity index (χ2v) is 8.40. The molecule has 1 aliphatic rings. The van der Waals surface area contributed by atoms with Crippen molar-refractivity contribution in [2.45, 2.75) is 32.2 Å². The molecule has 0 atom stereocenters. The lowest BCUT2D eigenvalue weighted by Crippen LogP contribution is -2.37. The van der Waals surface area contributed by atoms with E-state index in [0.717, 1.165) is 17.8 Å². The highest BCUT2D eigenvalue weighted by Gasteiger charge is 2.28. The number of nitrogens with zero attached hydrogens (tertiary/aromatic N) is 4. The van der Waals surface area contributed by atoms with Gasteiger partial charge in [0.1, 0.15) is 16.6 Å². The Balaban J connectivity index is 1.73. The summed E-state index contributed by atoms with van der Waals surface area (Å²) < 4.78 is 17.1. The van der Waals surface area contributed by atoms with Gasteiger partial charge in [-0.2, -0.15) is 5.10 Å². The van der Waals surface area contributed by atoms with Crippen molar-refractivity contribution in [3.63, 3.8) is 0 Å². The van der Waals surface area contributed by atoms with Gasteiger partial charge in [0.05, 0.1) is 6.54 Å². The Morgan fingerprint density at radius 1 is 1.28 bits per heavy atom. The maximum absolute atomic E-state index is 14.3. The Morgan fingerprint density at radius 2 is 2.03 bits per heavy atom. The summed E-state index contributed by atoms with van der Waals surface area (Å²) in [5.41, 5.74) is -0.0826. The van der Waals surface area contributed by atoms with Crippen LogP contribution in [-0.2, 0) is 11.3 Å². The van der Waals surface area contributed by atoms with Crippen LogP contribution in [-0.4, -0.2) is 38.2 Å². The van der Waals surface area contributed by atoms with Crippen LogP contribution in [0.2, 0.25) is 5.02 Å². The van der Waals surface area contributed by atoms with Gasteiger partial charge in [-0.3, -0.25) is 4.79 Å².